The Morgan fingerprint density at radius 2 is 1.69 bits per heavy atom. The van der Waals surface area contributed by atoms with E-state index in [0.29, 0.717) is 30.1 Å². The molecular weight excluding hydrogens is 384 g/mol. The fraction of sp³-hybridized carbons (Fsp3) is 0.435. The molecule has 1 saturated heterocycles. The van der Waals surface area contributed by atoms with E-state index in [-0.39, 0.29) is 11.7 Å². The standard InChI is InChI=1S/C23H30N2O3S/c1-17(2)21-9-7-8-18(3)22(21)24-23(26)20-12-10-19(11-13-20)16-29(27,28)25-14-5-4-6-15-25/h7-13,17H,4-6,14-16H2,1-3H3,(H,24,26). The molecule has 1 heterocycles. The summed E-state index contributed by atoms with van der Waals surface area (Å²) in [6.45, 7) is 7.40. The molecule has 0 spiro atoms. The highest BCUT2D eigenvalue weighted by Crippen LogP contribution is 2.28. The Bertz CT molecular complexity index is 960. The maximum atomic E-state index is 12.7. The average molecular weight is 415 g/mol. The molecule has 0 aliphatic carbocycles. The molecule has 29 heavy (non-hydrogen) atoms. The molecule has 1 aliphatic heterocycles. The van der Waals surface area contributed by atoms with Gasteiger partial charge in [-0.05, 0) is 54.5 Å². The molecule has 5 nitrogen and oxygen atoms in total. The second kappa shape index (κ2) is 9.09. The van der Waals surface area contributed by atoms with Gasteiger partial charge in [0.15, 0.2) is 0 Å². The summed E-state index contributed by atoms with van der Waals surface area (Å²) >= 11 is 0. The van der Waals surface area contributed by atoms with Crippen molar-refractivity contribution in [2.24, 2.45) is 0 Å². The van der Waals surface area contributed by atoms with E-state index in [2.05, 4.69) is 19.2 Å². The molecule has 1 fully saturated rings. The maximum absolute atomic E-state index is 12.7. The van der Waals surface area contributed by atoms with E-state index in [9.17, 15) is 13.2 Å². The molecule has 1 amide bonds. The maximum Gasteiger partial charge on any atom is 0.255 e. The Balaban J connectivity index is 1.71. The molecule has 1 aliphatic rings. The van der Waals surface area contributed by atoms with E-state index in [4.69, 9.17) is 0 Å². The molecule has 0 bridgehead atoms. The van der Waals surface area contributed by atoms with Crippen LogP contribution < -0.4 is 5.32 Å². The lowest BCUT2D eigenvalue weighted by Gasteiger charge is -2.25. The first-order valence-corrected chi connectivity index (χ1v) is 11.9. The van der Waals surface area contributed by atoms with Crippen molar-refractivity contribution in [3.63, 3.8) is 0 Å². The molecule has 0 unspecified atom stereocenters. The molecule has 156 valence electrons. The summed E-state index contributed by atoms with van der Waals surface area (Å²) in [6.07, 6.45) is 2.94. The second-order valence-corrected chi connectivity index (χ2v) is 10.0. The third-order valence-electron chi connectivity index (χ3n) is 5.44. The Hall–Kier alpha value is -2.18. The fourth-order valence-corrected chi connectivity index (χ4v) is 5.34. The molecule has 1 N–H and O–H groups in total. The van der Waals surface area contributed by atoms with Crippen LogP contribution in [0.1, 0.15) is 66.1 Å². The van der Waals surface area contributed by atoms with Gasteiger partial charge in [-0.1, -0.05) is 50.6 Å². The molecule has 0 radical (unpaired) electrons. The first-order chi connectivity index (χ1) is 13.8. The van der Waals surface area contributed by atoms with Gasteiger partial charge in [0.1, 0.15) is 0 Å². The summed E-state index contributed by atoms with van der Waals surface area (Å²) in [5.41, 5.74) is 4.19. The number of carbonyl (C=O) groups excluding carboxylic acids is 1. The van der Waals surface area contributed by atoms with Gasteiger partial charge in [0.25, 0.3) is 5.91 Å². The first kappa shape index (κ1) is 21.5. The zero-order valence-corrected chi connectivity index (χ0v) is 18.3. The Labute approximate surface area is 174 Å². The molecule has 6 heteroatoms. The first-order valence-electron chi connectivity index (χ1n) is 10.3. The van der Waals surface area contributed by atoms with Crippen LogP contribution in [-0.4, -0.2) is 31.7 Å². The molecule has 3 rings (SSSR count). The van der Waals surface area contributed by atoms with E-state index in [1.807, 2.05) is 25.1 Å². The van der Waals surface area contributed by atoms with Crippen LogP contribution in [0, 0.1) is 6.92 Å². The second-order valence-electron chi connectivity index (χ2n) is 8.06. The number of rotatable bonds is 6. The number of sulfonamides is 1. The number of anilines is 1. The predicted octanol–water partition coefficient (Wildman–Crippen LogP) is 4.69. The number of amides is 1. The monoisotopic (exact) mass is 414 g/mol. The van der Waals surface area contributed by atoms with Crippen LogP contribution in [-0.2, 0) is 15.8 Å². The highest BCUT2D eigenvalue weighted by molar-refractivity contribution is 7.88. The van der Waals surface area contributed by atoms with E-state index in [0.717, 1.165) is 36.1 Å². The molecule has 0 aromatic heterocycles. The number of nitrogens with zero attached hydrogens (tertiary/aromatic N) is 1. The van der Waals surface area contributed by atoms with Crippen molar-refractivity contribution >= 4 is 21.6 Å². The number of carbonyl (C=O) groups is 1. The van der Waals surface area contributed by atoms with Crippen LogP contribution in [0.4, 0.5) is 5.69 Å². The van der Waals surface area contributed by atoms with Gasteiger partial charge >= 0.3 is 0 Å². The Kier molecular flexibility index (Phi) is 6.75. The van der Waals surface area contributed by atoms with Gasteiger partial charge in [0, 0.05) is 24.3 Å². The molecule has 2 aromatic carbocycles. The summed E-state index contributed by atoms with van der Waals surface area (Å²) in [5, 5.41) is 3.03. The Morgan fingerprint density at radius 1 is 1.03 bits per heavy atom. The minimum absolute atomic E-state index is 0.0236. The highest BCUT2D eigenvalue weighted by atomic mass is 32.2. The van der Waals surface area contributed by atoms with Crippen LogP contribution in [0.5, 0.6) is 0 Å². The van der Waals surface area contributed by atoms with E-state index in [1.54, 1.807) is 28.6 Å². The summed E-state index contributed by atoms with van der Waals surface area (Å²) < 4.78 is 26.8. The Morgan fingerprint density at radius 3 is 2.31 bits per heavy atom. The lowest BCUT2D eigenvalue weighted by atomic mass is 9.98. The van der Waals surface area contributed by atoms with E-state index >= 15 is 0 Å². The zero-order valence-electron chi connectivity index (χ0n) is 17.4. The number of nitrogens with one attached hydrogen (secondary N) is 1. The summed E-state index contributed by atoms with van der Waals surface area (Å²) in [4.78, 5) is 12.7. The van der Waals surface area contributed by atoms with E-state index < -0.39 is 10.0 Å². The third kappa shape index (κ3) is 5.25. The minimum Gasteiger partial charge on any atom is -0.321 e. The quantitative estimate of drug-likeness (QED) is 0.746. The fourth-order valence-electron chi connectivity index (χ4n) is 3.73. The SMILES string of the molecule is Cc1cccc(C(C)C)c1NC(=O)c1ccc(CS(=O)(=O)N2CCCCC2)cc1. The van der Waals surface area contributed by atoms with Crippen molar-refractivity contribution in [1.82, 2.24) is 4.31 Å². The molecule has 0 saturated carbocycles. The van der Waals surface area contributed by atoms with Crippen LogP contribution in [0.2, 0.25) is 0 Å². The summed E-state index contributed by atoms with van der Waals surface area (Å²) in [7, 11) is -3.31. The molecular formula is C23H30N2O3S. The van der Waals surface area contributed by atoms with E-state index in [1.165, 1.54) is 0 Å². The number of hydrogen-bond acceptors (Lipinski definition) is 3. The summed E-state index contributed by atoms with van der Waals surface area (Å²) in [6, 6.07) is 12.9. The largest absolute Gasteiger partial charge is 0.321 e. The van der Waals surface area contributed by atoms with Gasteiger partial charge in [0.05, 0.1) is 5.75 Å². The van der Waals surface area contributed by atoms with Gasteiger partial charge in [-0.2, -0.15) is 0 Å². The van der Waals surface area contributed by atoms with Gasteiger partial charge < -0.3 is 5.32 Å². The van der Waals surface area contributed by atoms with Gasteiger partial charge in [-0.15, -0.1) is 0 Å². The van der Waals surface area contributed by atoms with Gasteiger partial charge in [-0.3, -0.25) is 4.79 Å². The number of aryl methyl sites for hydroxylation is 1. The van der Waals surface area contributed by atoms with Gasteiger partial charge in [0.2, 0.25) is 10.0 Å². The lowest BCUT2D eigenvalue weighted by Crippen LogP contribution is -2.36. The number of benzene rings is 2. The van der Waals surface area contributed by atoms with Crippen molar-refractivity contribution in [2.45, 2.75) is 51.7 Å². The van der Waals surface area contributed by atoms with Crippen LogP contribution in [0.25, 0.3) is 0 Å². The van der Waals surface area contributed by atoms with Crippen molar-refractivity contribution in [2.75, 3.05) is 18.4 Å². The topological polar surface area (TPSA) is 66.5 Å². The normalized spacial score (nSPS) is 15.4. The number of hydrogen-bond donors (Lipinski definition) is 1. The van der Waals surface area contributed by atoms with Crippen molar-refractivity contribution in [3.8, 4) is 0 Å². The van der Waals surface area contributed by atoms with Gasteiger partial charge in [-0.25, -0.2) is 12.7 Å². The smallest absolute Gasteiger partial charge is 0.255 e. The highest BCUT2D eigenvalue weighted by Gasteiger charge is 2.24. The van der Waals surface area contributed by atoms with Crippen LogP contribution in [0.15, 0.2) is 42.5 Å². The number of piperidine rings is 1. The minimum atomic E-state index is -3.31. The zero-order chi connectivity index (χ0) is 21.0. The van der Waals surface area contributed by atoms with Crippen molar-refractivity contribution < 1.29 is 13.2 Å². The van der Waals surface area contributed by atoms with Crippen molar-refractivity contribution in [1.29, 1.82) is 0 Å². The third-order valence-corrected chi connectivity index (χ3v) is 7.29. The number of para-hydroxylation sites is 1. The van der Waals surface area contributed by atoms with Crippen LogP contribution in [0.3, 0.4) is 0 Å². The predicted molar refractivity (Wildman–Crippen MR) is 118 cm³/mol. The van der Waals surface area contributed by atoms with Crippen molar-refractivity contribution in [3.05, 3.63) is 64.7 Å². The summed E-state index contributed by atoms with van der Waals surface area (Å²) in [5.74, 6) is 0.0868. The molecule has 0 atom stereocenters. The lowest BCUT2D eigenvalue weighted by molar-refractivity contribution is 0.102. The van der Waals surface area contributed by atoms with Crippen LogP contribution >= 0.6 is 0 Å². The average Bonchev–Trinajstić information content (AvgIpc) is 2.70. The molecule has 2 aromatic rings.